The molecule has 0 bridgehead atoms. The van der Waals surface area contributed by atoms with Crippen LogP contribution in [0.3, 0.4) is 0 Å². The molecule has 17 heavy (non-hydrogen) atoms. The van der Waals surface area contributed by atoms with Gasteiger partial charge in [0.25, 0.3) is 5.91 Å². The number of carbonyl (C=O) groups excluding carboxylic acids is 2. The second-order valence-electron chi connectivity index (χ2n) is 3.21. The summed E-state index contributed by atoms with van der Waals surface area (Å²) in [6.07, 6.45) is 0.161. The molecule has 0 spiro atoms. The minimum Gasteiger partial charge on any atom is -0.469 e. The maximum absolute atomic E-state index is 11.8. The molecule has 0 fully saturated rings. The first-order valence-electron chi connectivity index (χ1n) is 4.84. The van der Waals surface area contributed by atoms with Gasteiger partial charge in [-0.2, -0.15) is 0 Å². The van der Waals surface area contributed by atoms with Gasteiger partial charge < -0.3 is 10.1 Å². The van der Waals surface area contributed by atoms with Gasteiger partial charge in [0.15, 0.2) is 0 Å². The zero-order valence-corrected chi connectivity index (χ0v) is 12.3. The molecule has 0 aliphatic heterocycles. The van der Waals surface area contributed by atoms with Crippen LogP contribution in [0.15, 0.2) is 27.1 Å². The number of rotatable bonds is 4. The molecule has 0 radical (unpaired) electrons. The lowest BCUT2D eigenvalue weighted by molar-refractivity contribution is -0.140. The smallest absolute Gasteiger partial charge is 0.307 e. The molecule has 0 unspecified atom stereocenters. The van der Waals surface area contributed by atoms with Gasteiger partial charge >= 0.3 is 5.97 Å². The van der Waals surface area contributed by atoms with Crippen molar-refractivity contribution in [1.82, 2.24) is 5.32 Å². The van der Waals surface area contributed by atoms with E-state index in [2.05, 4.69) is 41.9 Å². The number of hydrogen-bond acceptors (Lipinski definition) is 3. The monoisotopic (exact) mass is 363 g/mol. The molecule has 0 aliphatic carbocycles. The topological polar surface area (TPSA) is 55.4 Å². The number of halogens is 2. The summed E-state index contributed by atoms with van der Waals surface area (Å²) >= 11 is 6.58. The van der Waals surface area contributed by atoms with Crippen molar-refractivity contribution in [3.8, 4) is 0 Å². The Kier molecular flexibility index (Phi) is 5.64. The Morgan fingerprint density at radius 3 is 2.71 bits per heavy atom. The predicted molar refractivity (Wildman–Crippen MR) is 70.8 cm³/mol. The van der Waals surface area contributed by atoms with Crippen molar-refractivity contribution in [2.75, 3.05) is 13.7 Å². The molecule has 92 valence electrons. The van der Waals surface area contributed by atoms with Crippen LogP contribution >= 0.6 is 31.9 Å². The number of amides is 1. The van der Waals surface area contributed by atoms with Gasteiger partial charge in [0.2, 0.25) is 0 Å². The van der Waals surface area contributed by atoms with E-state index in [0.29, 0.717) is 10.0 Å². The van der Waals surface area contributed by atoms with E-state index in [4.69, 9.17) is 0 Å². The zero-order valence-electron chi connectivity index (χ0n) is 9.13. The van der Waals surface area contributed by atoms with E-state index in [-0.39, 0.29) is 24.8 Å². The van der Waals surface area contributed by atoms with Crippen molar-refractivity contribution in [3.63, 3.8) is 0 Å². The van der Waals surface area contributed by atoms with Gasteiger partial charge in [-0.15, -0.1) is 0 Å². The molecule has 1 aromatic carbocycles. The van der Waals surface area contributed by atoms with Crippen molar-refractivity contribution < 1.29 is 14.3 Å². The van der Waals surface area contributed by atoms with E-state index < -0.39 is 0 Å². The van der Waals surface area contributed by atoms with Gasteiger partial charge in [0.05, 0.1) is 19.1 Å². The Labute approximate surface area is 116 Å². The van der Waals surface area contributed by atoms with Crippen molar-refractivity contribution in [2.24, 2.45) is 0 Å². The highest BCUT2D eigenvalue weighted by atomic mass is 79.9. The number of methoxy groups -OCH3 is 1. The predicted octanol–water partition coefficient (Wildman–Crippen LogP) is 2.50. The van der Waals surface area contributed by atoms with Gasteiger partial charge in [0.1, 0.15) is 0 Å². The van der Waals surface area contributed by atoms with Crippen molar-refractivity contribution in [2.45, 2.75) is 6.42 Å². The standard InChI is InChI=1S/C11H11Br2NO3/c1-17-10(15)4-5-14-11(16)8-6-7(12)2-3-9(8)13/h2-3,6H,4-5H2,1H3,(H,14,16). The Hall–Kier alpha value is -0.880. The van der Waals surface area contributed by atoms with Gasteiger partial charge in [-0.1, -0.05) is 15.9 Å². The minimum atomic E-state index is -0.349. The molecule has 0 aromatic heterocycles. The van der Waals surface area contributed by atoms with Crippen LogP contribution in [0, 0.1) is 0 Å². The van der Waals surface area contributed by atoms with Crippen molar-refractivity contribution in [3.05, 3.63) is 32.7 Å². The summed E-state index contributed by atoms with van der Waals surface area (Å²) in [6, 6.07) is 5.31. The molecule has 0 saturated carbocycles. The van der Waals surface area contributed by atoms with Crippen molar-refractivity contribution >= 4 is 43.7 Å². The average molecular weight is 365 g/mol. The number of nitrogens with one attached hydrogen (secondary N) is 1. The second kappa shape index (κ2) is 6.76. The van der Waals surface area contributed by atoms with Crippen LogP contribution < -0.4 is 5.32 Å². The van der Waals surface area contributed by atoms with Crippen LogP contribution in [0.4, 0.5) is 0 Å². The number of benzene rings is 1. The SMILES string of the molecule is COC(=O)CCNC(=O)c1cc(Br)ccc1Br. The van der Waals surface area contributed by atoms with E-state index in [9.17, 15) is 9.59 Å². The first kappa shape index (κ1) is 14.2. The third kappa shape index (κ3) is 4.47. The Balaban J connectivity index is 2.58. The Morgan fingerprint density at radius 1 is 1.35 bits per heavy atom. The summed E-state index contributed by atoms with van der Waals surface area (Å²) in [5.41, 5.74) is 0.518. The normalized spacial score (nSPS) is 9.82. The molecule has 0 heterocycles. The van der Waals surface area contributed by atoms with Gasteiger partial charge in [-0.05, 0) is 34.1 Å². The molecule has 1 rings (SSSR count). The maximum Gasteiger partial charge on any atom is 0.307 e. The summed E-state index contributed by atoms with van der Waals surface area (Å²) in [5.74, 6) is -0.583. The molecule has 0 saturated heterocycles. The van der Waals surface area contributed by atoms with E-state index in [1.807, 2.05) is 6.07 Å². The molecule has 4 nitrogen and oxygen atoms in total. The van der Waals surface area contributed by atoms with Crippen LogP contribution in [-0.2, 0) is 9.53 Å². The lowest BCUT2D eigenvalue weighted by atomic mass is 10.2. The molecule has 1 aromatic rings. The van der Waals surface area contributed by atoms with E-state index in [1.54, 1.807) is 12.1 Å². The summed E-state index contributed by atoms with van der Waals surface area (Å²) in [4.78, 5) is 22.6. The van der Waals surface area contributed by atoms with Crippen LogP contribution in [0.5, 0.6) is 0 Å². The van der Waals surface area contributed by atoms with E-state index in [1.165, 1.54) is 7.11 Å². The highest BCUT2D eigenvalue weighted by Gasteiger charge is 2.10. The fraction of sp³-hybridized carbons (Fsp3) is 0.273. The fourth-order valence-corrected chi connectivity index (χ4v) is 1.93. The highest BCUT2D eigenvalue weighted by molar-refractivity contribution is 9.11. The van der Waals surface area contributed by atoms with E-state index >= 15 is 0 Å². The lowest BCUT2D eigenvalue weighted by Gasteiger charge is -2.06. The third-order valence-electron chi connectivity index (χ3n) is 2.02. The number of carbonyl (C=O) groups is 2. The van der Waals surface area contributed by atoms with Crippen LogP contribution in [0.25, 0.3) is 0 Å². The number of esters is 1. The molecule has 0 atom stereocenters. The van der Waals surface area contributed by atoms with Crippen LogP contribution in [0.1, 0.15) is 16.8 Å². The minimum absolute atomic E-state index is 0.161. The molecule has 0 aliphatic rings. The first-order chi connectivity index (χ1) is 8.04. The quantitative estimate of drug-likeness (QED) is 0.835. The molecular weight excluding hydrogens is 354 g/mol. The molecule has 1 amide bonds. The second-order valence-corrected chi connectivity index (χ2v) is 4.98. The maximum atomic E-state index is 11.8. The molecular formula is C11H11Br2NO3. The number of hydrogen-bond donors (Lipinski definition) is 1. The van der Waals surface area contributed by atoms with E-state index in [0.717, 1.165) is 4.47 Å². The first-order valence-corrected chi connectivity index (χ1v) is 6.43. The Bertz CT molecular complexity index is 435. The Morgan fingerprint density at radius 2 is 2.06 bits per heavy atom. The third-order valence-corrected chi connectivity index (χ3v) is 3.20. The average Bonchev–Trinajstić information content (AvgIpc) is 2.31. The largest absolute Gasteiger partial charge is 0.469 e. The lowest BCUT2D eigenvalue weighted by Crippen LogP contribution is -2.26. The number of ether oxygens (including phenoxy) is 1. The van der Waals surface area contributed by atoms with Gasteiger partial charge in [-0.3, -0.25) is 9.59 Å². The fourth-order valence-electron chi connectivity index (χ4n) is 1.15. The molecule has 1 N–H and O–H groups in total. The van der Waals surface area contributed by atoms with Gasteiger partial charge in [-0.25, -0.2) is 0 Å². The summed E-state index contributed by atoms with van der Waals surface area (Å²) in [6.45, 7) is 0.254. The summed E-state index contributed by atoms with van der Waals surface area (Å²) < 4.78 is 6.00. The zero-order chi connectivity index (χ0) is 12.8. The highest BCUT2D eigenvalue weighted by Crippen LogP contribution is 2.21. The summed E-state index contributed by atoms with van der Waals surface area (Å²) in [5, 5.41) is 2.64. The molecule has 6 heteroatoms. The van der Waals surface area contributed by atoms with Crippen molar-refractivity contribution in [1.29, 1.82) is 0 Å². The van der Waals surface area contributed by atoms with Crippen LogP contribution in [0.2, 0.25) is 0 Å². The van der Waals surface area contributed by atoms with Gasteiger partial charge in [0, 0.05) is 15.5 Å². The summed E-state index contributed by atoms with van der Waals surface area (Å²) in [7, 11) is 1.31. The van der Waals surface area contributed by atoms with Crippen LogP contribution in [-0.4, -0.2) is 25.5 Å².